The van der Waals surface area contributed by atoms with Gasteiger partial charge in [-0.25, -0.2) is 4.79 Å². The molecule has 0 radical (unpaired) electrons. The number of aromatic nitrogens is 2. The van der Waals surface area contributed by atoms with Crippen molar-refractivity contribution in [2.75, 3.05) is 6.26 Å². The topological polar surface area (TPSA) is 55.1 Å². The first-order valence-corrected chi connectivity index (χ1v) is 9.20. The Morgan fingerprint density at radius 2 is 2.00 bits per heavy atom. The molecule has 128 valence electrons. The second-order valence-corrected chi connectivity index (χ2v) is 6.89. The number of rotatable bonds is 5. The van der Waals surface area contributed by atoms with E-state index in [0.29, 0.717) is 5.56 Å². The van der Waals surface area contributed by atoms with Gasteiger partial charge < -0.3 is 5.11 Å². The lowest BCUT2D eigenvalue weighted by atomic mass is 10.0. The molecule has 1 heterocycles. The Kier molecular flexibility index (Phi) is 4.95. The van der Waals surface area contributed by atoms with Crippen LogP contribution in [0.2, 0.25) is 0 Å². The maximum Gasteiger partial charge on any atom is 0.335 e. The predicted octanol–water partition coefficient (Wildman–Crippen LogP) is 4.41. The van der Waals surface area contributed by atoms with Crippen LogP contribution in [0.5, 0.6) is 0 Å². The van der Waals surface area contributed by atoms with E-state index in [1.807, 2.05) is 30.8 Å². The van der Waals surface area contributed by atoms with E-state index >= 15 is 0 Å². The number of carboxylic acid groups (broad SMARTS) is 1. The Hall–Kier alpha value is -2.53. The molecule has 5 heteroatoms. The van der Waals surface area contributed by atoms with Crippen molar-refractivity contribution >= 4 is 17.7 Å². The lowest BCUT2D eigenvalue weighted by Gasteiger charge is -2.05. The lowest BCUT2D eigenvalue weighted by Crippen LogP contribution is -2.00. The molecule has 0 atom stereocenters. The summed E-state index contributed by atoms with van der Waals surface area (Å²) in [5.41, 5.74) is 5.27. The number of carboxylic acids is 1. The van der Waals surface area contributed by atoms with Crippen LogP contribution < -0.4 is 0 Å². The molecular formula is C20H20N2O2S. The molecule has 4 nitrogen and oxygen atoms in total. The maximum absolute atomic E-state index is 11.2. The molecule has 0 amide bonds. The van der Waals surface area contributed by atoms with Crippen LogP contribution in [0, 0.1) is 6.92 Å². The zero-order valence-electron chi connectivity index (χ0n) is 14.5. The van der Waals surface area contributed by atoms with Crippen molar-refractivity contribution in [3.63, 3.8) is 0 Å². The predicted molar refractivity (Wildman–Crippen MR) is 101 cm³/mol. The molecule has 25 heavy (non-hydrogen) atoms. The Balaban J connectivity index is 1.90. The third-order valence-electron chi connectivity index (χ3n) is 4.20. The number of hydrogen-bond acceptors (Lipinski definition) is 3. The minimum atomic E-state index is -0.900. The van der Waals surface area contributed by atoms with Crippen LogP contribution in [-0.4, -0.2) is 27.1 Å². The van der Waals surface area contributed by atoms with E-state index in [0.717, 1.165) is 28.9 Å². The summed E-state index contributed by atoms with van der Waals surface area (Å²) >= 11 is 1.73. The highest BCUT2D eigenvalue weighted by atomic mass is 32.2. The monoisotopic (exact) mass is 352 g/mol. The third kappa shape index (κ3) is 3.77. The molecule has 0 spiro atoms. The van der Waals surface area contributed by atoms with E-state index in [1.54, 1.807) is 17.8 Å². The Morgan fingerprint density at radius 1 is 1.20 bits per heavy atom. The Bertz CT molecular complexity index is 931. The van der Waals surface area contributed by atoms with E-state index in [2.05, 4.69) is 41.7 Å². The highest BCUT2D eigenvalue weighted by Gasteiger charge is 2.12. The summed E-state index contributed by atoms with van der Waals surface area (Å²) in [6.45, 7) is 1.82. The summed E-state index contributed by atoms with van der Waals surface area (Å²) in [7, 11) is 1.91. The molecule has 2 aromatic carbocycles. The highest BCUT2D eigenvalue weighted by molar-refractivity contribution is 7.98. The average molecular weight is 352 g/mol. The largest absolute Gasteiger partial charge is 0.478 e. The Morgan fingerprint density at radius 3 is 2.68 bits per heavy atom. The van der Waals surface area contributed by atoms with E-state index in [4.69, 9.17) is 0 Å². The first kappa shape index (κ1) is 17.3. The summed E-state index contributed by atoms with van der Waals surface area (Å²) < 4.78 is 1.85. The van der Waals surface area contributed by atoms with Gasteiger partial charge in [0, 0.05) is 23.9 Å². The van der Waals surface area contributed by atoms with Crippen LogP contribution in [0.15, 0.2) is 53.4 Å². The standard InChI is InChI=1S/C20H20N2O2S/c1-13-9-15(7-8-18(13)20(23)24)19-12-16(21-22(19)2)10-14-5-4-6-17(11-14)25-3/h4-9,11-12H,10H2,1-3H3,(H,23,24). The molecular weight excluding hydrogens is 332 g/mol. The van der Waals surface area contributed by atoms with Crippen molar-refractivity contribution in [3.8, 4) is 11.3 Å². The first-order chi connectivity index (χ1) is 12.0. The molecule has 0 fully saturated rings. The van der Waals surface area contributed by atoms with Gasteiger partial charge in [0.2, 0.25) is 0 Å². The number of aromatic carboxylic acids is 1. The van der Waals surface area contributed by atoms with Crippen LogP contribution in [-0.2, 0) is 13.5 Å². The molecule has 1 N–H and O–H groups in total. The first-order valence-electron chi connectivity index (χ1n) is 7.98. The fourth-order valence-electron chi connectivity index (χ4n) is 2.94. The zero-order chi connectivity index (χ0) is 18.0. The van der Waals surface area contributed by atoms with Gasteiger partial charge in [0.25, 0.3) is 0 Å². The second kappa shape index (κ2) is 7.15. The minimum Gasteiger partial charge on any atom is -0.478 e. The molecule has 0 aliphatic heterocycles. The van der Waals surface area contributed by atoms with Gasteiger partial charge in [0.15, 0.2) is 0 Å². The van der Waals surface area contributed by atoms with E-state index in [9.17, 15) is 9.90 Å². The number of aryl methyl sites for hydroxylation is 2. The van der Waals surface area contributed by atoms with Gasteiger partial charge in [-0.2, -0.15) is 5.10 Å². The Labute approximate surface area is 151 Å². The van der Waals surface area contributed by atoms with Gasteiger partial charge in [-0.05, 0) is 54.6 Å². The average Bonchev–Trinajstić information content (AvgIpc) is 2.94. The van der Waals surface area contributed by atoms with Gasteiger partial charge in [0.05, 0.1) is 17.0 Å². The van der Waals surface area contributed by atoms with Crippen LogP contribution in [0.3, 0.4) is 0 Å². The van der Waals surface area contributed by atoms with E-state index in [-0.39, 0.29) is 0 Å². The highest BCUT2D eigenvalue weighted by Crippen LogP contribution is 2.24. The van der Waals surface area contributed by atoms with E-state index in [1.165, 1.54) is 10.5 Å². The second-order valence-electron chi connectivity index (χ2n) is 6.01. The summed E-state index contributed by atoms with van der Waals surface area (Å²) in [6.07, 6.45) is 2.84. The fourth-order valence-corrected chi connectivity index (χ4v) is 3.42. The van der Waals surface area contributed by atoms with Gasteiger partial charge in [-0.1, -0.05) is 18.2 Å². The number of carbonyl (C=O) groups is 1. The van der Waals surface area contributed by atoms with Crippen molar-refractivity contribution < 1.29 is 9.90 Å². The minimum absolute atomic E-state index is 0.333. The van der Waals surface area contributed by atoms with Gasteiger partial charge in [-0.3, -0.25) is 4.68 Å². The summed E-state index contributed by atoms with van der Waals surface area (Å²) in [5, 5.41) is 13.8. The third-order valence-corrected chi connectivity index (χ3v) is 4.93. The lowest BCUT2D eigenvalue weighted by molar-refractivity contribution is 0.0696. The number of benzene rings is 2. The molecule has 0 saturated carbocycles. The molecule has 0 unspecified atom stereocenters. The number of thioether (sulfide) groups is 1. The molecule has 3 aromatic rings. The number of nitrogens with zero attached hydrogens (tertiary/aromatic N) is 2. The van der Waals surface area contributed by atoms with Crippen molar-refractivity contribution in [1.29, 1.82) is 0 Å². The van der Waals surface area contributed by atoms with Crippen LogP contribution in [0.25, 0.3) is 11.3 Å². The summed E-state index contributed by atoms with van der Waals surface area (Å²) in [4.78, 5) is 12.4. The van der Waals surface area contributed by atoms with Gasteiger partial charge >= 0.3 is 5.97 Å². The molecule has 0 saturated heterocycles. The molecule has 1 aromatic heterocycles. The van der Waals surface area contributed by atoms with Crippen molar-refractivity contribution in [3.05, 3.63) is 70.9 Å². The molecule has 0 bridgehead atoms. The summed E-state index contributed by atoms with van der Waals surface area (Å²) in [6, 6.07) is 15.9. The smallest absolute Gasteiger partial charge is 0.335 e. The van der Waals surface area contributed by atoms with Crippen LogP contribution in [0.4, 0.5) is 0 Å². The molecule has 0 aliphatic rings. The zero-order valence-corrected chi connectivity index (χ0v) is 15.3. The van der Waals surface area contributed by atoms with Gasteiger partial charge in [-0.15, -0.1) is 11.8 Å². The van der Waals surface area contributed by atoms with Crippen LogP contribution >= 0.6 is 11.8 Å². The van der Waals surface area contributed by atoms with Crippen LogP contribution in [0.1, 0.15) is 27.2 Å². The molecule has 0 aliphatic carbocycles. The van der Waals surface area contributed by atoms with Crippen molar-refractivity contribution in [2.24, 2.45) is 7.05 Å². The quantitative estimate of drug-likeness (QED) is 0.691. The van der Waals surface area contributed by atoms with Gasteiger partial charge in [0.1, 0.15) is 0 Å². The fraction of sp³-hybridized carbons (Fsp3) is 0.200. The summed E-state index contributed by atoms with van der Waals surface area (Å²) in [5.74, 6) is -0.900. The maximum atomic E-state index is 11.2. The number of hydrogen-bond donors (Lipinski definition) is 1. The molecule has 3 rings (SSSR count). The van der Waals surface area contributed by atoms with Crippen molar-refractivity contribution in [1.82, 2.24) is 9.78 Å². The SMILES string of the molecule is CSc1cccc(Cc2cc(-c3ccc(C(=O)O)c(C)c3)n(C)n2)c1. The normalized spacial score (nSPS) is 10.8. The van der Waals surface area contributed by atoms with E-state index < -0.39 is 5.97 Å². The van der Waals surface area contributed by atoms with Crippen molar-refractivity contribution in [2.45, 2.75) is 18.2 Å².